The summed E-state index contributed by atoms with van der Waals surface area (Å²) in [5.74, 6) is 0.970. The minimum Gasteiger partial charge on any atom is -0.653 e. The van der Waals surface area contributed by atoms with Gasteiger partial charge in [0.25, 0.3) is 0 Å². The van der Waals surface area contributed by atoms with E-state index in [4.69, 9.17) is 3.79 Å². The van der Waals surface area contributed by atoms with Crippen molar-refractivity contribution < 1.29 is 3.79 Å². The van der Waals surface area contributed by atoms with Crippen molar-refractivity contribution in [2.75, 3.05) is 0 Å². The second kappa shape index (κ2) is 4.67. The van der Waals surface area contributed by atoms with Gasteiger partial charge >= 0.3 is 16.6 Å². The number of aryl methyl sites for hydroxylation is 1. The Hall–Kier alpha value is -0.448. The molecule has 92 valence electrons. The highest BCUT2D eigenvalue weighted by molar-refractivity contribution is 6.00. The van der Waals surface area contributed by atoms with Gasteiger partial charge in [-0.1, -0.05) is 47.6 Å². The Morgan fingerprint density at radius 1 is 0.882 bits per heavy atom. The first kappa shape index (κ1) is 14.6. The molecule has 0 atom stereocenters. The molecule has 0 fully saturated rings. The summed E-state index contributed by atoms with van der Waals surface area (Å²) in [6, 6.07) is 4.22. The second-order valence-electron chi connectivity index (χ2n) is 6.75. The quantitative estimate of drug-likeness (QED) is 0.679. The van der Waals surface area contributed by atoms with E-state index < -0.39 is 0 Å². The van der Waals surface area contributed by atoms with Crippen LogP contribution in [0.25, 0.3) is 0 Å². The van der Waals surface area contributed by atoms with Gasteiger partial charge in [-0.15, -0.1) is 0 Å². The molecule has 0 saturated heterocycles. The third kappa shape index (κ3) is 3.06. The van der Waals surface area contributed by atoms with Crippen LogP contribution < -0.4 is 3.79 Å². The maximum Gasteiger partial charge on any atom is 0.482 e. The molecule has 0 saturated carbocycles. The molecule has 0 unspecified atom stereocenters. The molecule has 0 bridgehead atoms. The van der Waals surface area contributed by atoms with Crippen molar-refractivity contribution in [2.24, 2.45) is 0 Å². The Morgan fingerprint density at radius 2 is 1.35 bits per heavy atom. The summed E-state index contributed by atoms with van der Waals surface area (Å²) < 4.78 is 5.48. The van der Waals surface area contributed by atoms with Gasteiger partial charge in [0, 0.05) is 0 Å². The number of hydrogen-bond acceptors (Lipinski definition) is 1. The highest BCUT2D eigenvalue weighted by Gasteiger charge is 2.29. The van der Waals surface area contributed by atoms with Crippen molar-refractivity contribution in [1.82, 2.24) is 0 Å². The fourth-order valence-electron chi connectivity index (χ4n) is 2.50. The van der Waals surface area contributed by atoms with E-state index in [0.717, 1.165) is 5.75 Å². The molecule has 2 heteroatoms. The molecule has 0 spiro atoms. The molecule has 1 nitrogen and oxygen atoms in total. The van der Waals surface area contributed by atoms with Crippen LogP contribution in [0.3, 0.4) is 0 Å². The smallest absolute Gasteiger partial charge is 0.482 e. The van der Waals surface area contributed by atoms with Crippen molar-refractivity contribution in [3.8, 4) is 5.75 Å². The molecule has 0 N–H and O–H groups in total. The Bertz CT molecular complexity index is 408. The van der Waals surface area contributed by atoms with E-state index in [-0.39, 0.29) is 10.8 Å². The Kier molecular flexibility index (Phi) is 4.02. The largest absolute Gasteiger partial charge is 0.653 e. The fourth-order valence-corrected chi connectivity index (χ4v) is 2.69. The van der Waals surface area contributed by atoms with Gasteiger partial charge in [0.15, 0.2) is 0 Å². The molecular formula is C15H23AlO. The first-order valence-electron chi connectivity index (χ1n) is 6.10. The van der Waals surface area contributed by atoms with Crippen LogP contribution in [-0.4, -0.2) is 16.6 Å². The van der Waals surface area contributed by atoms with Crippen LogP contribution in [0.1, 0.15) is 58.2 Å². The van der Waals surface area contributed by atoms with Gasteiger partial charge in [-0.25, -0.2) is 0 Å². The molecule has 1 rings (SSSR count). The van der Waals surface area contributed by atoms with Crippen LogP contribution in [0.15, 0.2) is 12.1 Å². The van der Waals surface area contributed by atoms with Gasteiger partial charge < -0.3 is 3.79 Å². The molecule has 0 aliphatic carbocycles. The molecule has 1 aromatic rings. The Morgan fingerprint density at radius 3 is 1.71 bits per heavy atom. The lowest BCUT2D eigenvalue weighted by Crippen LogP contribution is -2.24. The highest BCUT2D eigenvalue weighted by Crippen LogP contribution is 2.41. The van der Waals surface area contributed by atoms with Crippen LogP contribution in [-0.2, 0) is 10.8 Å². The SMILES string of the molecule is Cc1ccc([O][Al])c(C(C)(C)C)c1C(C)(C)C. The zero-order valence-electron chi connectivity index (χ0n) is 12.1. The molecular weight excluding hydrogens is 223 g/mol. The van der Waals surface area contributed by atoms with E-state index in [1.807, 2.05) is 0 Å². The fraction of sp³-hybridized carbons (Fsp3) is 0.600. The van der Waals surface area contributed by atoms with Crippen LogP contribution >= 0.6 is 0 Å². The van der Waals surface area contributed by atoms with Gasteiger partial charge in [-0.05, 0) is 40.5 Å². The zero-order valence-corrected chi connectivity index (χ0v) is 13.3. The van der Waals surface area contributed by atoms with E-state index in [1.54, 1.807) is 0 Å². The third-order valence-electron chi connectivity index (χ3n) is 3.00. The van der Waals surface area contributed by atoms with Crippen LogP contribution in [0.2, 0.25) is 0 Å². The average molecular weight is 246 g/mol. The van der Waals surface area contributed by atoms with Crippen molar-refractivity contribution in [2.45, 2.75) is 59.3 Å². The zero-order chi connectivity index (χ0) is 13.4. The van der Waals surface area contributed by atoms with Crippen molar-refractivity contribution in [3.05, 3.63) is 28.8 Å². The van der Waals surface area contributed by atoms with E-state index in [1.165, 1.54) is 16.7 Å². The molecule has 0 aliphatic heterocycles. The maximum absolute atomic E-state index is 5.48. The van der Waals surface area contributed by atoms with Gasteiger partial charge in [-0.2, -0.15) is 0 Å². The second-order valence-corrected chi connectivity index (χ2v) is 6.98. The lowest BCUT2D eigenvalue weighted by atomic mass is 9.73. The van der Waals surface area contributed by atoms with E-state index in [0.29, 0.717) is 0 Å². The molecule has 2 radical (unpaired) electrons. The Labute approximate surface area is 114 Å². The lowest BCUT2D eigenvalue weighted by Gasteiger charge is -2.33. The predicted molar refractivity (Wildman–Crippen MR) is 75.0 cm³/mol. The summed E-state index contributed by atoms with van der Waals surface area (Å²) in [5.41, 5.74) is 4.28. The number of hydrogen-bond donors (Lipinski definition) is 0. The van der Waals surface area contributed by atoms with Gasteiger partial charge in [0.1, 0.15) is 0 Å². The minimum atomic E-state index is 0.0839. The number of benzene rings is 1. The first-order chi connectivity index (χ1) is 7.59. The third-order valence-corrected chi connectivity index (χ3v) is 3.26. The van der Waals surface area contributed by atoms with Gasteiger partial charge in [-0.3, -0.25) is 0 Å². The molecule has 0 aliphatic rings. The molecule has 1 aromatic carbocycles. The van der Waals surface area contributed by atoms with Crippen molar-refractivity contribution in [1.29, 1.82) is 0 Å². The summed E-state index contributed by atoms with van der Waals surface area (Å²) in [7, 11) is 0. The standard InChI is InChI=1S/C15H24O.Al/c1-10-8-9-11(16)13(15(5,6)7)12(10)14(2,3)4;/h8-9,16H,1-7H3;/q;+1/p-1. The van der Waals surface area contributed by atoms with Crippen LogP contribution in [0.4, 0.5) is 0 Å². The maximum atomic E-state index is 5.48. The van der Waals surface area contributed by atoms with Crippen molar-refractivity contribution >= 4 is 16.6 Å². The van der Waals surface area contributed by atoms with Crippen LogP contribution in [0.5, 0.6) is 5.75 Å². The summed E-state index contributed by atoms with van der Waals surface area (Å²) in [4.78, 5) is 0. The summed E-state index contributed by atoms with van der Waals surface area (Å²) in [6.45, 7) is 15.7. The number of rotatable bonds is 1. The lowest BCUT2D eigenvalue weighted by molar-refractivity contribution is 0.497. The van der Waals surface area contributed by atoms with Crippen LogP contribution in [0, 0.1) is 6.92 Å². The van der Waals surface area contributed by atoms with E-state index in [9.17, 15) is 0 Å². The Balaban J connectivity index is 3.67. The van der Waals surface area contributed by atoms with Gasteiger partial charge in [0.05, 0.1) is 5.75 Å². The van der Waals surface area contributed by atoms with Crippen molar-refractivity contribution in [3.63, 3.8) is 0 Å². The molecule has 0 heterocycles. The molecule has 17 heavy (non-hydrogen) atoms. The average Bonchev–Trinajstić information content (AvgIpc) is 2.13. The highest BCUT2D eigenvalue weighted by atomic mass is 27.1. The summed E-state index contributed by atoms with van der Waals surface area (Å²) in [6.07, 6.45) is 0. The molecule has 0 aromatic heterocycles. The predicted octanol–water partition coefficient (Wildman–Crippen LogP) is 4.05. The topological polar surface area (TPSA) is 9.23 Å². The molecule has 0 amide bonds. The normalized spacial score (nSPS) is 12.6. The first-order valence-corrected chi connectivity index (χ1v) is 6.57. The van der Waals surface area contributed by atoms with E-state index in [2.05, 4.69) is 77.2 Å². The van der Waals surface area contributed by atoms with E-state index >= 15 is 0 Å². The minimum absolute atomic E-state index is 0.0839. The summed E-state index contributed by atoms with van der Waals surface area (Å²) in [5, 5.41) is 0. The van der Waals surface area contributed by atoms with Gasteiger partial charge in [0.2, 0.25) is 0 Å². The monoisotopic (exact) mass is 246 g/mol. The summed E-state index contributed by atoms with van der Waals surface area (Å²) >= 11 is 2.37.